The molecule has 0 fully saturated rings. The Kier molecular flexibility index (Phi) is 3.21. The van der Waals surface area contributed by atoms with Crippen LogP contribution in [0.15, 0.2) is 18.2 Å². The second-order valence-electron chi connectivity index (χ2n) is 2.98. The minimum absolute atomic E-state index is 0.646. The van der Waals surface area contributed by atoms with Gasteiger partial charge in [0.1, 0.15) is 16.5 Å². The Labute approximate surface area is 102 Å². The smallest absolute Gasteiger partial charge is 0.176 e. The number of benzene rings is 1. The van der Waals surface area contributed by atoms with Gasteiger partial charge in [0.05, 0.1) is 19.8 Å². The largest absolute Gasteiger partial charge is 0.497 e. The number of hydrogen-bond donors (Lipinski definition) is 1. The van der Waals surface area contributed by atoms with E-state index in [1.54, 1.807) is 14.2 Å². The van der Waals surface area contributed by atoms with Gasteiger partial charge in [0, 0.05) is 6.07 Å². The fourth-order valence-electron chi connectivity index (χ4n) is 1.32. The van der Waals surface area contributed by atoms with Gasteiger partial charge in [-0.1, -0.05) is 11.3 Å². The molecule has 0 spiro atoms. The Hall–Kier alpha value is -1.40. The molecule has 0 aliphatic carbocycles. The predicted molar refractivity (Wildman–Crippen MR) is 65.8 cm³/mol. The summed E-state index contributed by atoms with van der Waals surface area (Å²) < 4.78 is 11.1. The van der Waals surface area contributed by atoms with E-state index < -0.39 is 0 Å². The maximum absolute atomic E-state index is 5.29. The van der Waals surface area contributed by atoms with Crippen molar-refractivity contribution < 1.29 is 9.47 Å². The molecule has 1 aromatic heterocycles. The first kappa shape index (κ1) is 11.1. The van der Waals surface area contributed by atoms with Gasteiger partial charge in [-0.05, 0) is 24.4 Å². The molecule has 0 bridgehead atoms. The van der Waals surface area contributed by atoms with Crippen LogP contribution in [0.4, 0.5) is 0 Å². The van der Waals surface area contributed by atoms with E-state index in [0.29, 0.717) is 3.95 Å². The maximum atomic E-state index is 5.29. The summed E-state index contributed by atoms with van der Waals surface area (Å²) in [4.78, 5) is 0. The van der Waals surface area contributed by atoms with Crippen LogP contribution in [-0.4, -0.2) is 24.4 Å². The van der Waals surface area contributed by atoms with Crippen LogP contribution >= 0.6 is 23.6 Å². The molecule has 0 saturated carbocycles. The number of methoxy groups -OCH3 is 2. The number of nitrogens with one attached hydrogen (secondary N) is 1. The average molecular weight is 254 g/mol. The predicted octanol–water partition coefficient (Wildman–Crippen LogP) is 2.88. The van der Waals surface area contributed by atoms with Crippen molar-refractivity contribution in [2.24, 2.45) is 0 Å². The van der Waals surface area contributed by atoms with Crippen LogP contribution < -0.4 is 9.47 Å². The van der Waals surface area contributed by atoms with Crippen molar-refractivity contribution in [3.05, 3.63) is 22.2 Å². The van der Waals surface area contributed by atoms with Crippen molar-refractivity contribution in [2.75, 3.05) is 14.2 Å². The fraction of sp³-hybridized carbons (Fsp3) is 0.200. The molecule has 0 saturated heterocycles. The molecule has 0 amide bonds. The number of aromatic amines is 1. The summed E-state index contributed by atoms with van der Waals surface area (Å²) in [6.07, 6.45) is 0. The third-order valence-electron chi connectivity index (χ3n) is 2.08. The Morgan fingerprint density at radius 3 is 2.69 bits per heavy atom. The van der Waals surface area contributed by atoms with E-state index in [1.165, 1.54) is 11.3 Å². The van der Waals surface area contributed by atoms with Crippen LogP contribution in [0, 0.1) is 3.95 Å². The molecule has 0 radical (unpaired) electrons. The van der Waals surface area contributed by atoms with E-state index in [9.17, 15) is 0 Å². The van der Waals surface area contributed by atoms with E-state index in [-0.39, 0.29) is 0 Å². The zero-order valence-corrected chi connectivity index (χ0v) is 10.4. The number of H-pyrrole nitrogens is 1. The normalized spacial score (nSPS) is 10.1. The van der Waals surface area contributed by atoms with Crippen molar-refractivity contribution in [1.29, 1.82) is 0 Å². The van der Waals surface area contributed by atoms with Gasteiger partial charge in [-0.15, -0.1) is 0 Å². The molecule has 1 heterocycles. The second kappa shape index (κ2) is 4.63. The number of hydrogen-bond acceptors (Lipinski definition) is 5. The van der Waals surface area contributed by atoms with Crippen LogP contribution in [0.3, 0.4) is 0 Å². The minimum atomic E-state index is 0.646. The summed E-state index contributed by atoms with van der Waals surface area (Å²) in [6.45, 7) is 0. The molecule has 1 N–H and O–H groups in total. The molecular formula is C10H10N2O2S2. The average Bonchev–Trinajstić information content (AvgIpc) is 2.74. The summed E-state index contributed by atoms with van der Waals surface area (Å²) in [6, 6.07) is 5.58. The van der Waals surface area contributed by atoms with Crippen LogP contribution in [0.2, 0.25) is 0 Å². The van der Waals surface area contributed by atoms with Crippen LogP contribution in [-0.2, 0) is 0 Å². The number of aromatic nitrogens is 2. The third-order valence-corrected chi connectivity index (χ3v) is 3.20. The van der Waals surface area contributed by atoms with Crippen molar-refractivity contribution >= 4 is 23.6 Å². The first-order chi connectivity index (χ1) is 7.74. The lowest BCUT2D eigenvalue weighted by atomic mass is 10.2. The molecule has 4 nitrogen and oxygen atoms in total. The zero-order valence-electron chi connectivity index (χ0n) is 8.81. The number of nitrogens with zero attached hydrogens (tertiary/aromatic N) is 1. The second-order valence-corrected chi connectivity index (χ2v) is 4.65. The van der Waals surface area contributed by atoms with Crippen molar-refractivity contribution in [2.45, 2.75) is 0 Å². The molecule has 0 aliphatic rings. The van der Waals surface area contributed by atoms with Crippen molar-refractivity contribution in [3.8, 4) is 22.1 Å². The van der Waals surface area contributed by atoms with Gasteiger partial charge >= 0.3 is 0 Å². The summed E-state index contributed by atoms with van der Waals surface area (Å²) in [5.41, 5.74) is 0.903. The van der Waals surface area contributed by atoms with Gasteiger partial charge in [0.25, 0.3) is 0 Å². The molecular weight excluding hydrogens is 244 g/mol. The van der Waals surface area contributed by atoms with Crippen LogP contribution in [0.1, 0.15) is 0 Å². The highest BCUT2D eigenvalue weighted by Crippen LogP contribution is 2.33. The summed E-state index contributed by atoms with van der Waals surface area (Å²) in [5, 5.41) is 7.67. The summed E-state index contributed by atoms with van der Waals surface area (Å²) in [5.74, 6) is 1.47. The Morgan fingerprint density at radius 1 is 1.31 bits per heavy atom. The molecule has 1 aromatic carbocycles. The number of ether oxygens (including phenoxy) is 2. The maximum Gasteiger partial charge on any atom is 0.176 e. The summed E-state index contributed by atoms with van der Waals surface area (Å²) in [7, 11) is 3.23. The molecule has 2 aromatic rings. The first-order valence-corrected chi connectivity index (χ1v) is 5.75. The van der Waals surface area contributed by atoms with Crippen molar-refractivity contribution in [3.63, 3.8) is 0 Å². The van der Waals surface area contributed by atoms with Crippen LogP contribution in [0.25, 0.3) is 10.6 Å². The van der Waals surface area contributed by atoms with E-state index in [1.807, 2.05) is 18.2 Å². The lowest BCUT2D eigenvalue weighted by molar-refractivity contribution is 0.395. The quantitative estimate of drug-likeness (QED) is 0.856. The van der Waals surface area contributed by atoms with E-state index in [4.69, 9.17) is 21.7 Å². The highest BCUT2D eigenvalue weighted by Gasteiger charge is 2.10. The SMILES string of the molecule is COc1ccc(-c2n[nH]c(=S)s2)c(OC)c1. The van der Waals surface area contributed by atoms with Gasteiger partial charge < -0.3 is 9.47 Å². The van der Waals surface area contributed by atoms with E-state index in [2.05, 4.69) is 10.2 Å². The molecule has 0 aliphatic heterocycles. The van der Waals surface area contributed by atoms with Gasteiger partial charge in [-0.2, -0.15) is 5.10 Å². The topological polar surface area (TPSA) is 47.1 Å². The highest BCUT2D eigenvalue weighted by atomic mass is 32.1. The van der Waals surface area contributed by atoms with Gasteiger partial charge in [-0.3, -0.25) is 5.10 Å². The fourth-order valence-corrected chi connectivity index (χ4v) is 2.24. The lowest BCUT2D eigenvalue weighted by Crippen LogP contribution is -1.90. The first-order valence-electron chi connectivity index (χ1n) is 4.52. The van der Waals surface area contributed by atoms with E-state index in [0.717, 1.165) is 22.1 Å². The molecule has 84 valence electrons. The molecule has 0 atom stereocenters. The third kappa shape index (κ3) is 2.07. The molecule has 0 unspecified atom stereocenters. The Bertz CT molecular complexity index is 548. The van der Waals surface area contributed by atoms with Crippen molar-refractivity contribution in [1.82, 2.24) is 10.2 Å². The molecule has 2 rings (SSSR count). The lowest BCUT2D eigenvalue weighted by Gasteiger charge is -2.07. The Morgan fingerprint density at radius 2 is 2.12 bits per heavy atom. The van der Waals surface area contributed by atoms with Crippen LogP contribution in [0.5, 0.6) is 11.5 Å². The van der Waals surface area contributed by atoms with Gasteiger partial charge in [0.15, 0.2) is 3.95 Å². The standard InChI is InChI=1S/C10H10N2O2S2/c1-13-6-3-4-7(8(5-6)14-2)9-11-12-10(15)16-9/h3-5H,1-2H3,(H,12,15). The van der Waals surface area contributed by atoms with Gasteiger partial charge in [0.2, 0.25) is 0 Å². The number of rotatable bonds is 3. The van der Waals surface area contributed by atoms with Gasteiger partial charge in [-0.25, -0.2) is 0 Å². The highest BCUT2D eigenvalue weighted by molar-refractivity contribution is 7.73. The molecule has 6 heteroatoms. The summed E-state index contributed by atoms with van der Waals surface area (Å²) >= 11 is 6.41. The Balaban J connectivity index is 2.52. The monoisotopic (exact) mass is 254 g/mol. The molecule has 16 heavy (non-hydrogen) atoms. The van der Waals surface area contributed by atoms with E-state index >= 15 is 0 Å². The zero-order chi connectivity index (χ0) is 11.5. The minimum Gasteiger partial charge on any atom is -0.497 e.